The van der Waals surface area contributed by atoms with Gasteiger partial charge < -0.3 is 14.6 Å². The lowest BCUT2D eigenvalue weighted by atomic mass is 9.84. The lowest BCUT2D eigenvalue weighted by Gasteiger charge is -2.20. The molecule has 0 bridgehead atoms. The number of nitrogens with zero attached hydrogens (tertiary/aromatic N) is 2. The Kier molecular flexibility index (Phi) is 3.92. The molecule has 1 atom stereocenters. The van der Waals surface area contributed by atoms with E-state index >= 15 is 0 Å². The zero-order chi connectivity index (χ0) is 14.7. The molecule has 1 aliphatic heterocycles. The lowest BCUT2D eigenvalue weighted by Crippen LogP contribution is -2.28. The first kappa shape index (κ1) is 14.1. The molecule has 0 saturated carbocycles. The van der Waals surface area contributed by atoms with E-state index in [9.17, 15) is 0 Å². The standard InChI is InChI=1S/C16H21N3O2/c1-3-16(8-9-17-11-16)15-18-14(19-21-15)10-12-6-4-5-7-13(12)20-2/h4-7,17H,3,8-11H2,1-2H3. The predicted octanol–water partition coefficient (Wildman–Crippen LogP) is 2.31. The highest BCUT2D eigenvalue weighted by atomic mass is 16.5. The van der Waals surface area contributed by atoms with Crippen LogP contribution in [-0.2, 0) is 11.8 Å². The molecule has 21 heavy (non-hydrogen) atoms. The molecule has 1 aromatic carbocycles. The van der Waals surface area contributed by atoms with Gasteiger partial charge in [-0.05, 0) is 25.5 Å². The molecule has 0 aliphatic carbocycles. The molecule has 1 N–H and O–H groups in total. The molecule has 3 rings (SSSR count). The second kappa shape index (κ2) is 5.85. The van der Waals surface area contributed by atoms with Crippen LogP contribution in [0.2, 0.25) is 0 Å². The van der Waals surface area contributed by atoms with Gasteiger partial charge in [-0.2, -0.15) is 4.98 Å². The average Bonchev–Trinajstić information content (AvgIpc) is 3.17. The predicted molar refractivity (Wildman–Crippen MR) is 79.6 cm³/mol. The smallest absolute Gasteiger partial charge is 0.234 e. The molecule has 2 aromatic rings. The van der Waals surface area contributed by atoms with Crippen molar-refractivity contribution in [2.75, 3.05) is 20.2 Å². The average molecular weight is 287 g/mol. The summed E-state index contributed by atoms with van der Waals surface area (Å²) in [4.78, 5) is 4.63. The van der Waals surface area contributed by atoms with Gasteiger partial charge >= 0.3 is 0 Å². The number of hydrogen-bond acceptors (Lipinski definition) is 5. The minimum absolute atomic E-state index is 0.00598. The van der Waals surface area contributed by atoms with Gasteiger partial charge in [0.2, 0.25) is 5.89 Å². The quantitative estimate of drug-likeness (QED) is 0.914. The lowest BCUT2D eigenvalue weighted by molar-refractivity contribution is 0.283. The van der Waals surface area contributed by atoms with E-state index in [2.05, 4.69) is 22.4 Å². The van der Waals surface area contributed by atoms with E-state index in [0.717, 1.165) is 43.1 Å². The van der Waals surface area contributed by atoms with Gasteiger partial charge in [-0.15, -0.1) is 0 Å². The molecule has 5 nitrogen and oxygen atoms in total. The van der Waals surface area contributed by atoms with E-state index in [-0.39, 0.29) is 5.41 Å². The second-order valence-corrected chi connectivity index (χ2v) is 5.57. The molecule has 2 heterocycles. The van der Waals surface area contributed by atoms with Crippen LogP contribution >= 0.6 is 0 Å². The monoisotopic (exact) mass is 287 g/mol. The van der Waals surface area contributed by atoms with Crippen molar-refractivity contribution in [3.05, 3.63) is 41.5 Å². The topological polar surface area (TPSA) is 60.2 Å². The van der Waals surface area contributed by atoms with Crippen LogP contribution < -0.4 is 10.1 Å². The second-order valence-electron chi connectivity index (χ2n) is 5.57. The summed E-state index contributed by atoms with van der Waals surface area (Å²) in [7, 11) is 1.68. The minimum atomic E-state index is 0.00598. The maximum absolute atomic E-state index is 5.55. The number of methoxy groups -OCH3 is 1. The highest BCUT2D eigenvalue weighted by Crippen LogP contribution is 2.33. The fourth-order valence-electron chi connectivity index (χ4n) is 2.94. The Labute approximate surface area is 124 Å². The van der Waals surface area contributed by atoms with E-state index in [0.29, 0.717) is 12.2 Å². The van der Waals surface area contributed by atoms with Crippen LogP contribution in [0.1, 0.15) is 37.0 Å². The van der Waals surface area contributed by atoms with Gasteiger partial charge in [0.1, 0.15) is 5.75 Å². The number of aromatic nitrogens is 2. The minimum Gasteiger partial charge on any atom is -0.496 e. The number of ether oxygens (including phenoxy) is 1. The van der Waals surface area contributed by atoms with Crippen LogP contribution in [0.25, 0.3) is 0 Å². The Morgan fingerprint density at radius 2 is 2.24 bits per heavy atom. The summed E-state index contributed by atoms with van der Waals surface area (Å²) >= 11 is 0. The van der Waals surface area contributed by atoms with Gasteiger partial charge in [0.15, 0.2) is 5.82 Å². The van der Waals surface area contributed by atoms with Crippen molar-refractivity contribution in [2.24, 2.45) is 0 Å². The fraction of sp³-hybridized carbons (Fsp3) is 0.500. The maximum atomic E-state index is 5.55. The van der Waals surface area contributed by atoms with Crippen LogP contribution in [0, 0.1) is 0 Å². The summed E-state index contributed by atoms with van der Waals surface area (Å²) in [6, 6.07) is 7.93. The van der Waals surface area contributed by atoms with E-state index in [4.69, 9.17) is 9.26 Å². The molecular weight excluding hydrogens is 266 g/mol. The maximum Gasteiger partial charge on any atom is 0.234 e. The van der Waals surface area contributed by atoms with Crippen LogP contribution in [0.15, 0.2) is 28.8 Å². The summed E-state index contributed by atoms with van der Waals surface area (Å²) < 4.78 is 10.9. The third kappa shape index (κ3) is 2.65. The SMILES string of the molecule is CCC1(c2nc(Cc3ccccc3OC)no2)CCNC1. The van der Waals surface area contributed by atoms with Gasteiger partial charge in [-0.25, -0.2) is 0 Å². The molecular formula is C16H21N3O2. The largest absolute Gasteiger partial charge is 0.496 e. The number of hydrogen-bond donors (Lipinski definition) is 1. The van der Waals surface area contributed by atoms with Crippen molar-refractivity contribution >= 4 is 0 Å². The van der Waals surface area contributed by atoms with Crippen LogP contribution in [-0.4, -0.2) is 30.3 Å². The van der Waals surface area contributed by atoms with Gasteiger partial charge in [0, 0.05) is 18.5 Å². The molecule has 1 saturated heterocycles. The molecule has 1 aromatic heterocycles. The number of para-hydroxylation sites is 1. The number of nitrogens with one attached hydrogen (secondary N) is 1. The van der Waals surface area contributed by atoms with Crippen LogP contribution in [0.5, 0.6) is 5.75 Å². The molecule has 0 amide bonds. The molecule has 1 fully saturated rings. The normalized spacial score (nSPS) is 21.6. The molecule has 0 radical (unpaired) electrons. The van der Waals surface area contributed by atoms with Gasteiger partial charge in [-0.1, -0.05) is 30.3 Å². The summed E-state index contributed by atoms with van der Waals surface area (Å²) in [5, 5.41) is 7.55. The van der Waals surface area contributed by atoms with Crippen molar-refractivity contribution in [2.45, 2.75) is 31.6 Å². The van der Waals surface area contributed by atoms with Crippen molar-refractivity contribution < 1.29 is 9.26 Å². The van der Waals surface area contributed by atoms with Crippen LogP contribution in [0.3, 0.4) is 0 Å². The molecule has 112 valence electrons. The van der Waals surface area contributed by atoms with Crippen molar-refractivity contribution in [3.8, 4) is 5.75 Å². The Hall–Kier alpha value is -1.88. The molecule has 5 heteroatoms. The van der Waals surface area contributed by atoms with Gasteiger partial charge in [0.05, 0.1) is 12.5 Å². The van der Waals surface area contributed by atoms with E-state index in [1.165, 1.54) is 0 Å². The number of rotatable bonds is 5. The highest BCUT2D eigenvalue weighted by molar-refractivity contribution is 5.35. The molecule has 1 unspecified atom stereocenters. The van der Waals surface area contributed by atoms with E-state index in [1.807, 2.05) is 24.3 Å². The van der Waals surface area contributed by atoms with Crippen LogP contribution in [0.4, 0.5) is 0 Å². The molecule has 1 aliphatic rings. The Morgan fingerprint density at radius 1 is 1.38 bits per heavy atom. The number of benzene rings is 1. The zero-order valence-corrected chi connectivity index (χ0v) is 12.6. The summed E-state index contributed by atoms with van der Waals surface area (Å²) in [5.74, 6) is 2.34. The van der Waals surface area contributed by atoms with Gasteiger partial charge in [0.25, 0.3) is 0 Å². The van der Waals surface area contributed by atoms with Crippen molar-refractivity contribution in [3.63, 3.8) is 0 Å². The summed E-state index contributed by atoms with van der Waals surface area (Å²) in [6.07, 6.45) is 2.69. The molecule has 0 spiro atoms. The Morgan fingerprint density at radius 3 is 2.95 bits per heavy atom. The van der Waals surface area contributed by atoms with Crippen molar-refractivity contribution in [1.82, 2.24) is 15.5 Å². The zero-order valence-electron chi connectivity index (χ0n) is 12.6. The highest BCUT2D eigenvalue weighted by Gasteiger charge is 2.39. The first-order valence-corrected chi connectivity index (χ1v) is 7.43. The van der Waals surface area contributed by atoms with Crippen molar-refractivity contribution in [1.29, 1.82) is 0 Å². The first-order chi connectivity index (χ1) is 10.3. The third-order valence-corrected chi connectivity index (χ3v) is 4.38. The third-order valence-electron chi connectivity index (χ3n) is 4.38. The van der Waals surface area contributed by atoms with E-state index in [1.54, 1.807) is 7.11 Å². The fourth-order valence-corrected chi connectivity index (χ4v) is 2.94. The Bertz CT molecular complexity index is 603. The van der Waals surface area contributed by atoms with E-state index < -0.39 is 0 Å². The summed E-state index contributed by atoms with van der Waals surface area (Å²) in [5.41, 5.74) is 1.08. The van der Waals surface area contributed by atoms with Gasteiger partial charge in [-0.3, -0.25) is 0 Å². The Balaban J connectivity index is 1.82. The summed E-state index contributed by atoms with van der Waals surface area (Å²) in [6.45, 7) is 4.11. The first-order valence-electron chi connectivity index (χ1n) is 7.43.